The summed E-state index contributed by atoms with van der Waals surface area (Å²) in [5.74, 6) is -0.125. The number of hydrogen-bond acceptors (Lipinski definition) is 2. The number of amides is 1. The van der Waals surface area contributed by atoms with E-state index in [1.54, 1.807) is 6.07 Å². The third kappa shape index (κ3) is 2.85. The van der Waals surface area contributed by atoms with Gasteiger partial charge in [-0.2, -0.15) is 0 Å². The molecule has 1 aliphatic heterocycles. The normalized spacial score (nSPS) is 14.0. The van der Waals surface area contributed by atoms with Crippen molar-refractivity contribution in [1.82, 2.24) is 5.32 Å². The zero-order valence-corrected chi connectivity index (χ0v) is 13.5. The first kappa shape index (κ1) is 14.3. The highest BCUT2D eigenvalue weighted by atomic mass is 127. The van der Waals surface area contributed by atoms with Gasteiger partial charge in [-0.3, -0.25) is 9.59 Å². The molecular weight excluding hydrogens is 377 g/mol. The van der Waals surface area contributed by atoms with Crippen LogP contribution < -0.4 is 5.32 Å². The van der Waals surface area contributed by atoms with Gasteiger partial charge in [-0.05, 0) is 59.2 Å². The van der Waals surface area contributed by atoms with Crippen molar-refractivity contribution in [3.63, 3.8) is 0 Å². The van der Waals surface area contributed by atoms with E-state index in [2.05, 4.69) is 27.9 Å². The molecule has 0 spiro atoms. The Morgan fingerprint density at radius 2 is 1.95 bits per heavy atom. The number of carbonyl (C=O) groups excluding carboxylic acids is 2. The number of fused-ring (bicyclic) bond motifs is 1. The van der Waals surface area contributed by atoms with Gasteiger partial charge in [-0.25, -0.2) is 0 Å². The van der Waals surface area contributed by atoms with Crippen LogP contribution in [0.3, 0.4) is 0 Å². The van der Waals surface area contributed by atoms with E-state index in [0.29, 0.717) is 23.2 Å². The predicted molar refractivity (Wildman–Crippen MR) is 89.7 cm³/mol. The van der Waals surface area contributed by atoms with Crippen molar-refractivity contribution in [1.29, 1.82) is 0 Å². The lowest BCUT2D eigenvalue weighted by Crippen LogP contribution is -2.23. The Labute approximate surface area is 136 Å². The van der Waals surface area contributed by atoms with E-state index in [0.717, 1.165) is 22.0 Å². The van der Waals surface area contributed by atoms with Gasteiger partial charge in [0.15, 0.2) is 5.78 Å². The molecule has 0 fully saturated rings. The molecule has 0 radical (unpaired) electrons. The van der Waals surface area contributed by atoms with Crippen LogP contribution in [0.15, 0.2) is 42.5 Å². The van der Waals surface area contributed by atoms with Crippen LogP contribution in [-0.2, 0) is 6.42 Å². The molecule has 3 nitrogen and oxygen atoms in total. The van der Waals surface area contributed by atoms with Gasteiger partial charge in [0, 0.05) is 26.8 Å². The van der Waals surface area contributed by atoms with Crippen LogP contribution in [0.1, 0.15) is 38.3 Å². The highest BCUT2D eigenvalue weighted by molar-refractivity contribution is 14.1. The Morgan fingerprint density at radius 1 is 1.14 bits per heavy atom. The number of hydrogen-bond donors (Lipinski definition) is 1. The fraction of sp³-hybridized carbons (Fsp3) is 0.176. The second-order valence-electron chi connectivity index (χ2n) is 5.04. The lowest BCUT2D eigenvalue weighted by Gasteiger charge is -2.08. The third-order valence-corrected chi connectivity index (χ3v) is 4.58. The van der Waals surface area contributed by atoms with E-state index >= 15 is 0 Å². The zero-order valence-electron chi connectivity index (χ0n) is 11.4. The Kier molecular flexibility index (Phi) is 4.05. The van der Waals surface area contributed by atoms with Gasteiger partial charge in [0.2, 0.25) is 0 Å². The number of halogens is 1. The van der Waals surface area contributed by atoms with Crippen LogP contribution >= 0.6 is 22.6 Å². The standard InChI is InChI=1S/C17H14INO2/c18-15-6-2-1-5-13(15)16(20)12-8-7-11-4-3-9-19-17(21)14(11)10-12/h1-2,5-8,10H,3-4,9H2,(H,19,21). The number of rotatable bonds is 2. The molecule has 106 valence electrons. The van der Waals surface area contributed by atoms with Gasteiger partial charge >= 0.3 is 0 Å². The SMILES string of the molecule is O=C(c1ccc2c(c1)C(=O)NCCC2)c1ccccc1I. The number of ketones is 1. The highest BCUT2D eigenvalue weighted by Gasteiger charge is 2.18. The maximum atomic E-state index is 12.6. The zero-order chi connectivity index (χ0) is 14.8. The van der Waals surface area contributed by atoms with Crippen molar-refractivity contribution in [2.24, 2.45) is 0 Å². The summed E-state index contributed by atoms with van der Waals surface area (Å²) in [4.78, 5) is 24.7. The van der Waals surface area contributed by atoms with E-state index in [-0.39, 0.29) is 11.7 Å². The van der Waals surface area contributed by atoms with Crippen molar-refractivity contribution < 1.29 is 9.59 Å². The van der Waals surface area contributed by atoms with Crippen LogP contribution in [0.4, 0.5) is 0 Å². The maximum Gasteiger partial charge on any atom is 0.251 e. The molecule has 2 aromatic carbocycles. The minimum Gasteiger partial charge on any atom is -0.352 e. The minimum atomic E-state index is -0.0834. The van der Waals surface area contributed by atoms with Crippen LogP contribution in [0.25, 0.3) is 0 Å². The van der Waals surface area contributed by atoms with Crippen molar-refractivity contribution in [3.8, 4) is 0 Å². The van der Waals surface area contributed by atoms with E-state index in [1.807, 2.05) is 36.4 Å². The molecule has 1 N–H and O–H groups in total. The van der Waals surface area contributed by atoms with Gasteiger partial charge in [0.1, 0.15) is 0 Å². The van der Waals surface area contributed by atoms with Crippen molar-refractivity contribution in [3.05, 3.63) is 68.3 Å². The van der Waals surface area contributed by atoms with Crippen LogP contribution in [0.2, 0.25) is 0 Å². The molecule has 0 unspecified atom stereocenters. The lowest BCUT2D eigenvalue weighted by molar-refractivity contribution is 0.0956. The smallest absolute Gasteiger partial charge is 0.251 e. The minimum absolute atomic E-state index is 0.0418. The van der Waals surface area contributed by atoms with E-state index in [9.17, 15) is 9.59 Å². The van der Waals surface area contributed by atoms with Gasteiger partial charge in [0.25, 0.3) is 5.91 Å². The summed E-state index contributed by atoms with van der Waals surface area (Å²) in [6, 6.07) is 12.9. The molecule has 0 bridgehead atoms. The molecule has 0 saturated heterocycles. The van der Waals surface area contributed by atoms with Crippen molar-refractivity contribution in [2.75, 3.05) is 6.54 Å². The summed E-state index contributed by atoms with van der Waals surface area (Å²) in [6.45, 7) is 0.688. The second-order valence-corrected chi connectivity index (χ2v) is 6.20. The fourth-order valence-electron chi connectivity index (χ4n) is 2.52. The Hall–Kier alpha value is -1.69. The van der Waals surface area contributed by atoms with E-state index in [1.165, 1.54) is 0 Å². The third-order valence-electron chi connectivity index (χ3n) is 3.64. The molecule has 3 rings (SSSR count). The van der Waals surface area contributed by atoms with Gasteiger partial charge in [-0.1, -0.05) is 24.3 Å². The molecule has 21 heavy (non-hydrogen) atoms. The number of aryl methyl sites for hydroxylation is 1. The predicted octanol–water partition coefficient (Wildman–Crippen LogP) is 3.20. The Balaban J connectivity index is 2.02. The van der Waals surface area contributed by atoms with Crippen molar-refractivity contribution in [2.45, 2.75) is 12.8 Å². The monoisotopic (exact) mass is 391 g/mol. The molecule has 0 atom stereocenters. The number of nitrogens with one attached hydrogen (secondary N) is 1. The van der Waals surface area contributed by atoms with Gasteiger partial charge in [0.05, 0.1) is 0 Å². The average molecular weight is 391 g/mol. The first-order chi connectivity index (χ1) is 10.2. The largest absolute Gasteiger partial charge is 0.352 e. The van der Waals surface area contributed by atoms with Crippen molar-refractivity contribution >= 4 is 34.3 Å². The average Bonchev–Trinajstić information content (AvgIpc) is 2.69. The second kappa shape index (κ2) is 5.97. The van der Waals surface area contributed by atoms with Crippen LogP contribution in [0.5, 0.6) is 0 Å². The summed E-state index contributed by atoms with van der Waals surface area (Å²) in [6.07, 6.45) is 1.80. The molecule has 1 amide bonds. The molecule has 4 heteroatoms. The topological polar surface area (TPSA) is 46.2 Å². The molecule has 0 aliphatic carbocycles. The quantitative estimate of drug-likeness (QED) is 0.632. The Morgan fingerprint density at radius 3 is 2.76 bits per heavy atom. The van der Waals surface area contributed by atoms with Crippen LogP contribution in [-0.4, -0.2) is 18.2 Å². The molecule has 1 heterocycles. The molecule has 0 saturated carbocycles. The Bertz CT molecular complexity index is 724. The summed E-state index contributed by atoms with van der Waals surface area (Å²) < 4.78 is 0.916. The number of benzene rings is 2. The first-order valence-corrected chi connectivity index (χ1v) is 7.95. The first-order valence-electron chi connectivity index (χ1n) is 6.87. The summed E-state index contributed by atoms with van der Waals surface area (Å²) in [5, 5.41) is 2.87. The van der Waals surface area contributed by atoms with E-state index in [4.69, 9.17) is 0 Å². The molecule has 0 aromatic heterocycles. The van der Waals surface area contributed by atoms with Crippen LogP contribution in [0, 0.1) is 3.57 Å². The fourth-order valence-corrected chi connectivity index (χ4v) is 3.16. The number of carbonyl (C=O) groups is 2. The van der Waals surface area contributed by atoms with Gasteiger partial charge < -0.3 is 5.32 Å². The van der Waals surface area contributed by atoms with Gasteiger partial charge in [-0.15, -0.1) is 0 Å². The molecular formula is C17H14INO2. The highest BCUT2D eigenvalue weighted by Crippen LogP contribution is 2.21. The maximum absolute atomic E-state index is 12.6. The summed E-state index contributed by atoms with van der Waals surface area (Å²) in [7, 11) is 0. The molecule has 2 aromatic rings. The van der Waals surface area contributed by atoms with E-state index < -0.39 is 0 Å². The molecule has 1 aliphatic rings. The lowest BCUT2D eigenvalue weighted by atomic mass is 9.96. The summed E-state index contributed by atoms with van der Waals surface area (Å²) in [5.41, 5.74) is 2.88. The summed E-state index contributed by atoms with van der Waals surface area (Å²) >= 11 is 2.16.